The summed E-state index contributed by atoms with van der Waals surface area (Å²) in [5, 5.41) is 1.40. The number of hydrogen-bond acceptors (Lipinski definition) is 2. The largest absolute Gasteiger partial charge is 0.456 e. The molecule has 0 aliphatic rings. The molecule has 1 aromatic heterocycles. The van der Waals surface area contributed by atoms with Gasteiger partial charge in [-0.15, -0.1) is 0 Å². The smallest absolute Gasteiger partial charge is 0.169 e. The van der Waals surface area contributed by atoms with Crippen LogP contribution in [0.3, 0.4) is 0 Å². The fourth-order valence-corrected chi connectivity index (χ4v) is 2.46. The Kier molecular flexibility index (Phi) is 3.47. The molecule has 2 nitrogen and oxygen atoms in total. The first-order chi connectivity index (χ1) is 9.63. The number of rotatable bonds is 3. The van der Waals surface area contributed by atoms with Crippen molar-refractivity contribution in [3.8, 4) is 0 Å². The topological polar surface area (TPSA) is 39.2 Å². The van der Waals surface area contributed by atoms with Crippen molar-refractivity contribution < 1.29 is 8.81 Å². The van der Waals surface area contributed by atoms with Crippen LogP contribution in [0.4, 0.5) is 4.39 Å². The Hall–Kier alpha value is -1.84. The van der Waals surface area contributed by atoms with Gasteiger partial charge in [0.2, 0.25) is 0 Å². The van der Waals surface area contributed by atoms with Gasteiger partial charge >= 0.3 is 0 Å². The summed E-state index contributed by atoms with van der Waals surface area (Å²) in [4.78, 5) is 0. The molecular formula is C16H13ClFNO. The van der Waals surface area contributed by atoms with E-state index in [1.165, 1.54) is 6.07 Å². The van der Waals surface area contributed by atoms with E-state index in [1.807, 2.05) is 24.3 Å². The lowest BCUT2D eigenvalue weighted by Gasteiger charge is -2.08. The average molecular weight is 290 g/mol. The van der Waals surface area contributed by atoms with E-state index >= 15 is 0 Å². The highest BCUT2D eigenvalue weighted by molar-refractivity contribution is 6.30. The number of hydrogen-bond donors (Lipinski definition) is 1. The van der Waals surface area contributed by atoms with Gasteiger partial charge in [0.25, 0.3) is 0 Å². The molecule has 0 aliphatic carbocycles. The third-order valence-corrected chi connectivity index (χ3v) is 3.46. The molecule has 0 amide bonds. The SMILES string of the molecule is NC(Cc1cccc(Cl)c1)c1cc2cccc(F)c2o1. The summed E-state index contributed by atoms with van der Waals surface area (Å²) >= 11 is 5.95. The molecule has 1 unspecified atom stereocenters. The molecule has 3 aromatic rings. The monoisotopic (exact) mass is 289 g/mol. The third-order valence-electron chi connectivity index (χ3n) is 3.23. The Balaban J connectivity index is 1.89. The van der Waals surface area contributed by atoms with Crippen LogP contribution in [-0.2, 0) is 6.42 Å². The number of furan rings is 1. The lowest BCUT2D eigenvalue weighted by Crippen LogP contribution is -2.12. The van der Waals surface area contributed by atoms with Gasteiger partial charge in [0, 0.05) is 10.4 Å². The molecule has 2 aromatic carbocycles. The number of halogens is 2. The maximum absolute atomic E-state index is 13.6. The minimum Gasteiger partial charge on any atom is -0.456 e. The van der Waals surface area contributed by atoms with Crippen LogP contribution in [0.25, 0.3) is 11.0 Å². The van der Waals surface area contributed by atoms with Crippen molar-refractivity contribution in [2.75, 3.05) is 0 Å². The van der Waals surface area contributed by atoms with Crippen molar-refractivity contribution >= 4 is 22.6 Å². The summed E-state index contributed by atoms with van der Waals surface area (Å²) < 4.78 is 19.1. The van der Waals surface area contributed by atoms with Gasteiger partial charge in [0.15, 0.2) is 11.4 Å². The quantitative estimate of drug-likeness (QED) is 0.773. The van der Waals surface area contributed by atoms with E-state index in [-0.39, 0.29) is 17.4 Å². The van der Waals surface area contributed by atoms with Crippen molar-refractivity contribution in [2.45, 2.75) is 12.5 Å². The predicted molar refractivity (Wildman–Crippen MR) is 78.3 cm³/mol. The highest BCUT2D eigenvalue weighted by Crippen LogP contribution is 2.27. The van der Waals surface area contributed by atoms with Gasteiger partial charge in [-0.25, -0.2) is 4.39 Å². The first kappa shape index (κ1) is 13.2. The van der Waals surface area contributed by atoms with Crippen LogP contribution in [0.1, 0.15) is 17.4 Å². The van der Waals surface area contributed by atoms with Crippen LogP contribution in [-0.4, -0.2) is 0 Å². The van der Waals surface area contributed by atoms with Crippen LogP contribution in [0.15, 0.2) is 52.9 Å². The standard InChI is InChI=1S/C16H13ClFNO/c17-12-5-1-3-10(7-12)8-14(19)15-9-11-4-2-6-13(18)16(11)20-15/h1-7,9,14H,8,19H2. The molecule has 0 saturated heterocycles. The zero-order chi connectivity index (χ0) is 14.1. The molecule has 0 aliphatic heterocycles. The molecule has 1 atom stereocenters. The molecule has 2 N–H and O–H groups in total. The van der Waals surface area contributed by atoms with Crippen LogP contribution >= 0.6 is 11.6 Å². The van der Waals surface area contributed by atoms with E-state index in [0.717, 1.165) is 10.9 Å². The van der Waals surface area contributed by atoms with Crippen LogP contribution < -0.4 is 5.73 Å². The fraction of sp³-hybridized carbons (Fsp3) is 0.125. The fourth-order valence-electron chi connectivity index (χ4n) is 2.25. The van der Waals surface area contributed by atoms with Gasteiger partial charge in [-0.2, -0.15) is 0 Å². The lowest BCUT2D eigenvalue weighted by atomic mass is 10.0. The molecule has 0 radical (unpaired) electrons. The second kappa shape index (κ2) is 5.27. The predicted octanol–water partition coefficient (Wildman–Crippen LogP) is 4.47. The van der Waals surface area contributed by atoms with Crippen molar-refractivity contribution in [1.29, 1.82) is 0 Å². The lowest BCUT2D eigenvalue weighted by molar-refractivity contribution is 0.478. The van der Waals surface area contributed by atoms with Crippen LogP contribution in [0.5, 0.6) is 0 Å². The van der Waals surface area contributed by atoms with E-state index in [4.69, 9.17) is 21.8 Å². The molecule has 0 bridgehead atoms. The summed E-state index contributed by atoms with van der Waals surface area (Å²) in [6, 6.07) is 13.8. The molecule has 4 heteroatoms. The van der Waals surface area contributed by atoms with E-state index in [2.05, 4.69) is 0 Å². The molecular weight excluding hydrogens is 277 g/mol. The van der Waals surface area contributed by atoms with Gasteiger partial charge in [-0.05, 0) is 36.2 Å². The number of fused-ring (bicyclic) bond motifs is 1. The number of nitrogens with two attached hydrogens (primary N) is 1. The van der Waals surface area contributed by atoms with E-state index < -0.39 is 0 Å². The molecule has 0 fully saturated rings. The normalized spacial score (nSPS) is 12.8. The van der Waals surface area contributed by atoms with E-state index in [0.29, 0.717) is 17.2 Å². The first-order valence-electron chi connectivity index (χ1n) is 6.31. The Morgan fingerprint density at radius 3 is 2.70 bits per heavy atom. The summed E-state index contributed by atoms with van der Waals surface area (Å²) in [7, 11) is 0. The van der Waals surface area contributed by atoms with E-state index in [1.54, 1.807) is 18.2 Å². The van der Waals surface area contributed by atoms with Gasteiger partial charge in [0.05, 0.1) is 6.04 Å². The van der Waals surface area contributed by atoms with Crippen molar-refractivity contribution in [3.63, 3.8) is 0 Å². The van der Waals surface area contributed by atoms with Crippen LogP contribution in [0.2, 0.25) is 5.02 Å². The molecule has 0 saturated carbocycles. The van der Waals surface area contributed by atoms with Gasteiger partial charge in [-0.3, -0.25) is 0 Å². The minimum atomic E-state index is -0.372. The number of para-hydroxylation sites is 1. The maximum atomic E-state index is 13.6. The van der Waals surface area contributed by atoms with Gasteiger partial charge in [-0.1, -0.05) is 35.9 Å². The second-order valence-corrected chi connectivity index (χ2v) is 5.18. The van der Waals surface area contributed by atoms with E-state index in [9.17, 15) is 4.39 Å². The van der Waals surface area contributed by atoms with Crippen LogP contribution in [0, 0.1) is 5.82 Å². The van der Waals surface area contributed by atoms with Crippen molar-refractivity contribution in [2.24, 2.45) is 5.73 Å². The Morgan fingerprint density at radius 1 is 1.15 bits per heavy atom. The molecule has 102 valence electrons. The maximum Gasteiger partial charge on any atom is 0.169 e. The Labute approximate surface area is 121 Å². The average Bonchev–Trinajstić information content (AvgIpc) is 2.84. The Morgan fingerprint density at radius 2 is 1.95 bits per heavy atom. The van der Waals surface area contributed by atoms with Crippen molar-refractivity contribution in [1.82, 2.24) is 0 Å². The highest BCUT2D eigenvalue weighted by atomic mass is 35.5. The zero-order valence-electron chi connectivity index (χ0n) is 10.6. The van der Waals surface area contributed by atoms with Gasteiger partial charge in [0.1, 0.15) is 5.76 Å². The molecule has 1 heterocycles. The second-order valence-electron chi connectivity index (χ2n) is 4.75. The Bertz CT molecular complexity index is 753. The van der Waals surface area contributed by atoms with Gasteiger partial charge < -0.3 is 10.2 Å². The summed E-state index contributed by atoms with van der Waals surface area (Å²) in [6.07, 6.45) is 0.585. The minimum absolute atomic E-state index is 0.254. The third kappa shape index (κ3) is 2.55. The molecule has 0 spiro atoms. The molecule has 20 heavy (non-hydrogen) atoms. The zero-order valence-corrected chi connectivity index (χ0v) is 11.4. The molecule has 3 rings (SSSR count). The number of benzene rings is 2. The highest BCUT2D eigenvalue weighted by Gasteiger charge is 2.14. The summed E-state index contributed by atoms with van der Waals surface area (Å²) in [5.74, 6) is 0.203. The summed E-state index contributed by atoms with van der Waals surface area (Å²) in [6.45, 7) is 0. The first-order valence-corrected chi connectivity index (χ1v) is 6.69. The summed E-state index contributed by atoms with van der Waals surface area (Å²) in [5.41, 5.74) is 7.40. The van der Waals surface area contributed by atoms with Crippen molar-refractivity contribution in [3.05, 3.63) is 70.7 Å².